The molecular weight excluding hydrogens is 470 g/mol. The highest BCUT2D eigenvalue weighted by atomic mass is 35.5. The molecular formula is C26H20ClN3O3S. The van der Waals surface area contributed by atoms with Gasteiger partial charge in [-0.3, -0.25) is 4.98 Å². The zero-order valence-corrected chi connectivity index (χ0v) is 19.8. The van der Waals surface area contributed by atoms with E-state index in [0.717, 1.165) is 39.8 Å². The predicted octanol–water partition coefficient (Wildman–Crippen LogP) is 6.21. The minimum atomic E-state index is -0.268. The molecule has 0 saturated carbocycles. The molecule has 34 heavy (non-hydrogen) atoms. The van der Waals surface area contributed by atoms with Gasteiger partial charge < -0.3 is 24.1 Å². The third kappa shape index (κ3) is 3.57. The van der Waals surface area contributed by atoms with Crippen molar-refractivity contribution in [2.24, 2.45) is 0 Å². The second-order valence-electron chi connectivity index (χ2n) is 8.20. The number of benzene rings is 2. The van der Waals surface area contributed by atoms with Gasteiger partial charge in [0.15, 0.2) is 16.6 Å². The molecule has 0 bridgehead atoms. The summed E-state index contributed by atoms with van der Waals surface area (Å²) in [6.07, 6.45) is 1.78. The lowest BCUT2D eigenvalue weighted by Gasteiger charge is -2.26. The van der Waals surface area contributed by atoms with Crippen LogP contribution in [0.3, 0.4) is 0 Å². The fourth-order valence-corrected chi connectivity index (χ4v) is 4.99. The first-order chi connectivity index (χ1) is 16.6. The Kier molecular flexibility index (Phi) is 5.16. The van der Waals surface area contributed by atoms with E-state index in [1.54, 1.807) is 6.20 Å². The van der Waals surface area contributed by atoms with Crippen LogP contribution >= 0.6 is 23.8 Å². The van der Waals surface area contributed by atoms with Gasteiger partial charge in [-0.25, -0.2) is 0 Å². The zero-order valence-electron chi connectivity index (χ0n) is 18.2. The van der Waals surface area contributed by atoms with E-state index >= 15 is 0 Å². The van der Waals surface area contributed by atoms with E-state index < -0.39 is 0 Å². The number of hydrogen-bond donors (Lipinski definition) is 1. The Balaban J connectivity index is 1.46. The molecule has 2 aliphatic heterocycles. The van der Waals surface area contributed by atoms with Crippen LogP contribution in [0.1, 0.15) is 29.1 Å². The number of aryl methyl sites for hydroxylation is 1. The summed E-state index contributed by atoms with van der Waals surface area (Å²) in [6.45, 7) is 2.25. The lowest BCUT2D eigenvalue weighted by Crippen LogP contribution is -2.29. The van der Waals surface area contributed by atoms with Crippen LogP contribution in [0.5, 0.6) is 11.5 Å². The smallest absolute Gasteiger partial charge is 0.231 e. The predicted molar refractivity (Wildman–Crippen MR) is 134 cm³/mol. The van der Waals surface area contributed by atoms with Crippen molar-refractivity contribution in [3.63, 3.8) is 0 Å². The molecule has 8 heteroatoms. The molecule has 1 N–H and O–H groups in total. The van der Waals surface area contributed by atoms with Crippen LogP contribution in [-0.2, 0) is 0 Å². The molecule has 0 amide bonds. The van der Waals surface area contributed by atoms with E-state index in [1.807, 2.05) is 78.6 Å². The highest BCUT2D eigenvalue weighted by Crippen LogP contribution is 2.45. The number of furan rings is 1. The maximum absolute atomic E-state index is 6.45. The average Bonchev–Trinajstić information content (AvgIpc) is 3.59. The van der Waals surface area contributed by atoms with Crippen LogP contribution in [0.2, 0.25) is 5.02 Å². The second-order valence-corrected chi connectivity index (χ2v) is 9.02. The number of anilines is 1. The maximum atomic E-state index is 6.45. The summed E-state index contributed by atoms with van der Waals surface area (Å²) in [7, 11) is 0. The number of hydrogen-bond acceptors (Lipinski definition) is 5. The van der Waals surface area contributed by atoms with Gasteiger partial charge in [0.25, 0.3) is 0 Å². The van der Waals surface area contributed by atoms with Crippen LogP contribution < -0.4 is 19.7 Å². The molecule has 1 saturated heterocycles. The number of aromatic nitrogens is 1. The number of rotatable bonds is 4. The summed E-state index contributed by atoms with van der Waals surface area (Å²) in [5, 5.41) is 4.69. The van der Waals surface area contributed by atoms with Gasteiger partial charge >= 0.3 is 0 Å². The van der Waals surface area contributed by atoms with Crippen LogP contribution in [0.15, 0.2) is 77.3 Å². The first kappa shape index (κ1) is 21.0. The van der Waals surface area contributed by atoms with Gasteiger partial charge in [-0.15, -0.1) is 0 Å². The fourth-order valence-electron chi connectivity index (χ4n) is 4.47. The van der Waals surface area contributed by atoms with Gasteiger partial charge in [0, 0.05) is 28.5 Å². The maximum Gasteiger partial charge on any atom is 0.231 e. The summed E-state index contributed by atoms with van der Waals surface area (Å²) in [4.78, 5) is 6.64. The summed E-state index contributed by atoms with van der Waals surface area (Å²) in [5.41, 5.74) is 3.78. The van der Waals surface area contributed by atoms with Gasteiger partial charge in [0.1, 0.15) is 17.6 Å². The molecule has 0 spiro atoms. The largest absolute Gasteiger partial charge is 0.459 e. The molecule has 4 aromatic rings. The monoisotopic (exact) mass is 489 g/mol. The van der Waals surface area contributed by atoms with Gasteiger partial charge in [-0.1, -0.05) is 23.7 Å². The van der Waals surface area contributed by atoms with E-state index in [-0.39, 0.29) is 18.9 Å². The van der Waals surface area contributed by atoms with Crippen molar-refractivity contribution in [3.05, 3.63) is 95.0 Å². The fraction of sp³-hybridized carbons (Fsp3) is 0.154. The molecule has 2 aromatic carbocycles. The molecule has 2 aromatic heterocycles. The topological polar surface area (TPSA) is 59.8 Å². The zero-order chi connectivity index (χ0) is 23.2. The Morgan fingerprint density at radius 3 is 2.76 bits per heavy atom. The molecule has 4 heterocycles. The Hall–Kier alpha value is -3.55. The van der Waals surface area contributed by atoms with Crippen LogP contribution in [-0.4, -0.2) is 16.9 Å². The molecule has 6 nitrogen and oxygen atoms in total. The summed E-state index contributed by atoms with van der Waals surface area (Å²) >= 11 is 12.1. The van der Waals surface area contributed by atoms with Gasteiger partial charge in [-0.2, -0.15) is 0 Å². The Labute approximate surface area is 207 Å². The number of ether oxygens (including phenoxy) is 2. The normalized spacial score (nSPS) is 18.9. The molecule has 0 aliphatic carbocycles. The molecule has 0 radical (unpaired) electrons. The van der Waals surface area contributed by atoms with E-state index in [0.29, 0.717) is 15.9 Å². The van der Waals surface area contributed by atoms with Crippen molar-refractivity contribution in [1.29, 1.82) is 0 Å². The number of halogens is 1. The Morgan fingerprint density at radius 1 is 1.03 bits per heavy atom. The number of fused-ring (bicyclic) bond motifs is 1. The highest BCUT2D eigenvalue weighted by molar-refractivity contribution is 7.80. The first-order valence-electron chi connectivity index (χ1n) is 10.8. The van der Waals surface area contributed by atoms with Crippen molar-refractivity contribution < 1.29 is 13.9 Å². The van der Waals surface area contributed by atoms with Gasteiger partial charge in [-0.05, 0) is 73.2 Å². The van der Waals surface area contributed by atoms with Crippen LogP contribution in [0, 0.1) is 6.92 Å². The van der Waals surface area contributed by atoms with E-state index in [2.05, 4.69) is 10.3 Å². The van der Waals surface area contributed by atoms with Crippen molar-refractivity contribution in [1.82, 2.24) is 10.3 Å². The average molecular weight is 490 g/mol. The number of thiocarbonyl (C=S) groups is 1. The lowest BCUT2D eigenvalue weighted by molar-refractivity contribution is 0.174. The van der Waals surface area contributed by atoms with Crippen LogP contribution in [0.4, 0.5) is 5.69 Å². The summed E-state index contributed by atoms with van der Waals surface area (Å²) in [5.74, 6) is 2.92. The van der Waals surface area contributed by atoms with Gasteiger partial charge in [0.05, 0.1) is 11.7 Å². The standard InChI is InChI=1S/C26H20ClN3O3S/c1-15-5-6-16(27)12-18(15)20-9-10-22(33-20)25-24(19-4-2-3-11-28-19)29-26(34)30(25)17-7-8-21-23(13-17)32-14-31-21/h2-13,24-25H,14H2,1H3,(H,29,34)/t24-,25+/m0/s1. The molecule has 0 unspecified atom stereocenters. The third-order valence-corrected chi connectivity index (χ3v) is 6.67. The van der Waals surface area contributed by atoms with Crippen molar-refractivity contribution >= 4 is 34.6 Å². The minimum absolute atomic E-state index is 0.210. The molecule has 2 atom stereocenters. The van der Waals surface area contributed by atoms with Crippen molar-refractivity contribution in [2.45, 2.75) is 19.0 Å². The quantitative estimate of drug-likeness (QED) is 0.342. The third-order valence-electron chi connectivity index (χ3n) is 6.12. The van der Waals surface area contributed by atoms with E-state index in [1.165, 1.54) is 0 Å². The minimum Gasteiger partial charge on any atom is -0.459 e. The Bertz CT molecular complexity index is 1390. The summed E-state index contributed by atoms with van der Waals surface area (Å²) in [6, 6.07) is 20.9. The van der Waals surface area contributed by atoms with Gasteiger partial charge in [0.2, 0.25) is 6.79 Å². The second kappa shape index (κ2) is 8.34. The van der Waals surface area contributed by atoms with Crippen LogP contribution in [0.25, 0.3) is 11.3 Å². The number of nitrogens with zero attached hydrogens (tertiary/aromatic N) is 2. The highest BCUT2D eigenvalue weighted by Gasteiger charge is 2.43. The summed E-state index contributed by atoms with van der Waals surface area (Å²) < 4.78 is 17.6. The SMILES string of the molecule is Cc1ccc(Cl)cc1-c1ccc([C@@H]2[C@H](c3ccccn3)NC(=S)N2c2ccc3c(c2)OCO3)o1. The van der Waals surface area contributed by atoms with E-state index in [9.17, 15) is 0 Å². The van der Waals surface area contributed by atoms with Crippen molar-refractivity contribution in [2.75, 3.05) is 11.7 Å². The molecule has 1 fully saturated rings. The first-order valence-corrected chi connectivity index (χ1v) is 11.6. The molecule has 6 rings (SSSR count). The van der Waals surface area contributed by atoms with Crippen molar-refractivity contribution in [3.8, 4) is 22.8 Å². The lowest BCUT2D eigenvalue weighted by atomic mass is 10.0. The number of pyridine rings is 1. The molecule has 2 aliphatic rings. The Morgan fingerprint density at radius 2 is 1.91 bits per heavy atom. The molecule has 170 valence electrons. The van der Waals surface area contributed by atoms with E-state index in [4.69, 9.17) is 37.7 Å². The number of nitrogens with one attached hydrogen (secondary N) is 1.